The number of para-hydroxylation sites is 1. The SMILES string of the molecule is CC(C)C(=O)Cc1cc2ccccc2n1-c1ncccn1. The van der Waals surface area contributed by atoms with Crippen LogP contribution in [0, 0.1) is 5.92 Å². The van der Waals surface area contributed by atoms with Crippen LogP contribution in [0.4, 0.5) is 0 Å². The monoisotopic (exact) mass is 279 g/mol. The Morgan fingerprint density at radius 3 is 2.57 bits per heavy atom. The molecule has 3 rings (SSSR count). The van der Waals surface area contributed by atoms with Crippen molar-refractivity contribution in [3.05, 3.63) is 54.5 Å². The summed E-state index contributed by atoms with van der Waals surface area (Å²) in [5, 5.41) is 1.09. The fraction of sp³-hybridized carbons (Fsp3) is 0.235. The fourth-order valence-corrected chi connectivity index (χ4v) is 2.37. The first-order chi connectivity index (χ1) is 10.2. The van der Waals surface area contributed by atoms with Crippen molar-refractivity contribution in [3.63, 3.8) is 0 Å². The number of hydrogen-bond acceptors (Lipinski definition) is 3. The van der Waals surface area contributed by atoms with Gasteiger partial charge in [-0.05, 0) is 18.2 Å². The van der Waals surface area contributed by atoms with Gasteiger partial charge in [-0.15, -0.1) is 0 Å². The second-order valence-electron chi connectivity index (χ2n) is 5.38. The fourth-order valence-electron chi connectivity index (χ4n) is 2.37. The summed E-state index contributed by atoms with van der Waals surface area (Å²) in [6.45, 7) is 3.85. The Balaban J connectivity index is 2.17. The van der Waals surface area contributed by atoms with E-state index in [1.165, 1.54) is 0 Å². The van der Waals surface area contributed by atoms with Gasteiger partial charge in [0.1, 0.15) is 5.78 Å². The average molecular weight is 279 g/mol. The zero-order valence-electron chi connectivity index (χ0n) is 12.2. The van der Waals surface area contributed by atoms with Gasteiger partial charge in [0, 0.05) is 35.8 Å². The third-order valence-corrected chi connectivity index (χ3v) is 3.54. The largest absolute Gasteiger partial charge is 0.299 e. The van der Waals surface area contributed by atoms with Crippen LogP contribution in [0.5, 0.6) is 0 Å². The van der Waals surface area contributed by atoms with Crippen molar-refractivity contribution in [3.8, 4) is 5.95 Å². The van der Waals surface area contributed by atoms with E-state index in [-0.39, 0.29) is 11.7 Å². The Bertz CT molecular complexity index is 775. The first-order valence-electron chi connectivity index (χ1n) is 7.06. The number of nitrogens with zero attached hydrogens (tertiary/aromatic N) is 3. The zero-order valence-corrected chi connectivity index (χ0v) is 12.2. The summed E-state index contributed by atoms with van der Waals surface area (Å²) in [6, 6.07) is 11.9. The lowest BCUT2D eigenvalue weighted by molar-refractivity contribution is -0.121. The van der Waals surface area contributed by atoms with Crippen LogP contribution >= 0.6 is 0 Å². The van der Waals surface area contributed by atoms with E-state index in [1.54, 1.807) is 18.5 Å². The van der Waals surface area contributed by atoms with Crippen molar-refractivity contribution in [1.82, 2.24) is 14.5 Å². The first-order valence-corrected chi connectivity index (χ1v) is 7.06. The molecule has 0 amide bonds. The average Bonchev–Trinajstić information content (AvgIpc) is 2.85. The maximum atomic E-state index is 12.1. The molecule has 106 valence electrons. The van der Waals surface area contributed by atoms with Crippen LogP contribution in [0.3, 0.4) is 0 Å². The van der Waals surface area contributed by atoms with Gasteiger partial charge in [-0.3, -0.25) is 9.36 Å². The Morgan fingerprint density at radius 1 is 1.14 bits per heavy atom. The molecule has 3 aromatic rings. The molecule has 0 N–H and O–H groups in total. The molecule has 4 heteroatoms. The van der Waals surface area contributed by atoms with Crippen molar-refractivity contribution < 1.29 is 4.79 Å². The van der Waals surface area contributed by atoms with Gasteiger partial charge >= 0.3 is 0 Å². The molecule has 0 bridgehead atoms. The van der Waals surface area contributed by atoms with Gasteiger partial charge in [0.05, 0.1) is 5.52 Å². The Kier molecular flexibility index (Phi) is 3.52. The van der Waals surface area contributed by atoms with E-state index in [9.17, 15) is 4.79 Å². The Labute approximate surface area is 123 Å². The van der Waals surface area contributed by atoms with E-state index < -0.39 is 0 Å². The van der Waals surface area contributed by atoms with Crippen molar-refractivity contribution in [1.29, 1.82) is 0 Å². The lowest BCUT2D eigenvalue weighted by Gasteiger charge is -2.09. The molecule has 0 spiro atoms. The normalized spacial score (nSPS) is 11.2. The van der Waals surface area contributed by atoms with Crippen molar-refractivity contribution in [2.45, 2.75) is 20.3 Å². The van der Waals surface area contributed by atoms with Gasteiger partial charge in [0.2, 0.25) is 5.95 Å². The maximum Gasteiger partial charge on any atom is 0.234 e. The van der Waals surface area contributed by atoms with Crippen molar-refractivity contribution in [2.24, 2.45) is 5.92 Å². The molecule has 0 saturated heterocycles. The summed E-state index contributed by atoms with van der Waals surface area (Å²) < 4.78 is 1.97. The molecule has 0 unspecified atom stereocenters. The number of fused-ring (bicyclic) bond motifs is 1. The van der Waals surface area contributed by atoms with Crippen LogP contribution in [-0.2, 0) is 11.2 Å². The predicted molar refractivity (Wildman–Crippen MR) is 82.4 cm³/mol. The Hall–Kier alpha value is -2.49. The highest BCUT2D eigenvalue weighted by Crippen LogP contribution is 2.23. The number of hydrogen-bond donors (Lipinski definition) is 0. The standard InChI is InChI=1S/C17H17N3O/c1-12(2)16(21)11-14-10-13-6-3-4-7-15(13)20(14)17-18-8-5-9-19-17/h3-10,12H,11H2,1-2H3. The molecule has 2 aromatic heterocycles. The zero-order chi connectivity index (χ0) is 14.8. The maximum absolute atomic E-state index is 12.1. The quantitative estimate of drug-likeness (QED) is 0.737. The molecule has 21 heavy (non-hydrogen) atoms. The second-order valence-corrected chi connectivity index (χ2v) is 5.38. The van der Waals surface area contributed by atoms with E-state index in [2.05, 4.69) is 9.97 Å². The molecule has 0 aliphatic carbocycles. The van der Waals surface area contributed by atoms with Gasteiger partial charge in [-0.25, -0.2) is 9.97 Å². The molecule has 0 atom stereocenters. The summed E-state index contributed by atoms with van der Waals surface area (Å²) >= 11 is 0. The molecule has 4 nitrogen and oxygen atoms in total. The van der Waals surface area contributed by atoms with Gasteiger partial charge < -0.3 is 0 Å². The Morgan fingerprint density at radius 2 is 1.86 bits per heavy atom. The number of Topliss-reactive ketones (excluding diaryl/α,β-unsaturated/α-hetero) is 1. The molecule has 1 aromatic carbocycles. The van der Waals surface area contributed by atoms with Crippen LogP contribution in [0.2, 0.25) is 0 Å². The van der Waals surface area contributed by atoms with E-state index in [4.69, 9.17) is 0 Å². The van der Waals surface area contributed by atoms with Crippen molar-refractivity contribution in [2.75, 3.05) is 0 Å². The second kappa shape index (κ2) is 5.48. The van der Waals surface area contributed by atoms with Crippen LogP contribution in [0.15, 0.2) is 48.8 Å². The van der Waals surface area contributed by atoms with E-state index in [0.29, 0.717) is 12.4 Å². The summed E-state index contributed by atoms with van der Waals surface area (Å²) in [5.74, 6) is 0.841. The number of ketones is 1. The first kappa shape index (κ1) is 13.5. The third-order valence-electron chi connectivity index (χ3n) is 3.54. The highest BCUT2D eigenvalue weighted by Gasteiger charge is 2.16. The highest BCUT2D eigenvalue weighted by molar-refractivity contribution is 5.87. The van der Waals surface area contributed by atoms with Crippen LogP contribution in [0.1, 0.15) is 19.5 Å². The molecule has 0 radical (unpaired) electrons. The number of carbonyl (C=O) groups is 1. The van der Waals surface area contributed by atoms with Gasteiger partial charge in [0.15, 0.2) is 0 Å². The van der Waals surface area contributed by atoms with Crippen LogP contribution in [-0.4, -0.2) is 20.3 Å². The van der Waals surface area contributed by atoms with Gasteiger partial charge in [-0.2, -0.15) is 0 Å². The molecule has 2 heterocycles. The smallest absolute Gasteiger partial charge is 0.234 e. The summed E-state index contributed by atoms with van der Waals surface area (Å²) in [5.41, 5.74) is 1.95. The number of rotatable bonds is 4. The van der Waals surface area contributed by atoms with E-state index in [0.717, 1.165) is 16.6 Å². The third kappa shape index (κ3) is 2.57. The topological polar surface area (TPSA) is 47.8 Å². The molecule has 0 saturated carbocycles. The highest BCUT2D eigenvalue weighted by atomic mass is 16.1. The minimum Gasteiger partial charge on any atom is -0.299 e. The van der Waals surface area contributed by atoms with Crippen LogP contribution in [0.25, 0.3) is 16.9 Å². The van der Waals surface area contributed by atoms with Gasteiger partial charge in [0.25, 0.3) is 0 Å². The lowest BCUT2D eigenvalue weighted by Crippen LogP contribution is -2.14. The van der Waals surface area contributed by atoms with E-state index >= 15 is 0 Å². The molecule has 0 aliphatic rings. The summed E-state index contributed by atoms with van der Waals surface area (Å²) in [4.78, 5) is 20.8. The minimum absolute atomic E-state index is 0.0214. The van der Waals surface area contributed by atoms with Gasteiger partial charge in [-0.1, -0.05) is 32.0 Å². The molecule has 0 aliphatic heterocycles. The summed E-state index contributed by atoms with van der Waals surface area (Å²) in [6.07, 6.45) is 3.82. The minimum atomic E-state index is 0.0214. The van der Waals surface area contributed by atoms with Crippen LogP contribution < -0.4 is 0 Å². The molecular weight excluding hydrogens is 262 g/mol. The predicted octanol–water partition coefficient (Wildman–Crippen LogP) is 3.19. The van der Waals surface area contributed by atoms with Crippen molar-refractivity contribution >= 4 is 16.7 Å². The number of aromatic nitrogens is 3. The molecule has 0 fully saturated rings. The number of carbonyl (C=O) groups excluding carboxylic acids is 1. The lowest BCUT2D eigenvalue weighted by atomic mass is 10.0. The van der Waals surface area contributed by atoms with E-state index in [1.807, 2.05) is 48.7 Å². The summed E-state index contributed by atoms with van der Waals surface area (Å²) in [7, 11) is 0. The molecular formula is C17H17N3O. The number of benzene rings is 1.